The van der Waals surface area contributed by atoms with Crippen LogP contribution in [-0.2, 0) is 4.79 Å². The van der Waals surface area contributed by atoms with Crippen molar-refractivity contribution in [1.82, 2.24) is 29.6 Å². The van der Waals surface area contributed by atoms with Gasteiger partial charge in [-0.1, -0.05) is 6.07 Å². The molecule has 9 heteroatoms. The normalized spacial score (nSPS) is 19.4. The molecular weight excluding hydrogens is 440 g/mol. The van der Waals surface area contributed by atoms with Gasteiger partial charge in [-0.05, 0) is 57.7 Å². The summed E-state index contributed by atoms with van der Waals surface area (Å²) in [5.74, 6) is 1.40. The van der Waals surface area contributed by atoms with Crippen LogP contribution in [-0.4, -0.2) is 48.6 Å². The van der Waals surface area contributed by atoms with Crippen LogP contribution < -0.4 is 5.73 Å². The van der Waals surface area contributed by atoms with Crippen molar-refractivity contribution in [3.05, 3.63) is 36.3 Å². The average Bonchev–Trinajstić information content (AvgIpc) is 3.27. The third-order valence-corrected chi connectivity index (χ3v) is 7.43. The number of aromatic amines is 1. The minimum absolute atomic E-state index is 0.0190. The van der Waals surface area contributed by atoms with Crippen LogP contribution in [0.2, 0.25) is 0 Å². The Morgan fingerprint density at radius 3 is 2.80 bits per heavy atom. The smallest absolute Gasteiger partial charge is 0.243 e. The zero-order chi connectivity index (χ0) is 24.3. The van der Waals surface area contributed by atoms with Crippen LogP contribution in [0.5, 0.6) is 0 Å². The van der Waals surface area contributed by atoms with Crippen molar-refractivity contribution in [2.75, 3.05) is 18.8 Å². The molecular formula is C26H28N8O. The fourth-order valence-electron chi connectivity index (χ4n) is 5.46. The van der Waals surface area contributed by atoms with Crippen molar-refractivity contribution in [2.45, 2.75) is 51.5 Å². The molecule has 0 spiro atoms. The number of carbonyl (C=O) groups is 1. The lowest BCUT2D eigenvalue weighted by Gasteiger charge is -2.34. The SMILES string of the molecule is CC(C)n1c([C@H]2CCCN(C(=O)C3(C#N)CC3)C2)nc2c(N)nc3cc(-c4cc[nH]n4)ccc3c21. The van der Waals surface area contributed by atoms with Crippen LogP contribution >= 0.6 is 0 Å². The number of amides is 1. The number of nitrogen functional groups attached to an aromatic ring is 1. The lowest BCUT2D eigenvalue weighted by Crippen LogP contribution is -2.43. The van der Waals surface area contributed by atoms with Gasteiger partial charge in [-0.15, -0.1) is 0 Å². The molecule has 3 N–H and O–H groups in total. The predicted octanol–water partition coefficient (Wildman–Crippen LogP) is 4.15. The molecule has 1 aromatic carbocycles. The van der Waals surface area contributed by atoms with E-state index in [0.717, 1.165) is 46.3 Å². The summed E-state index contributed by atoms with van der Waals surface area (Å²) in [5, 5.41) is 17.7. The van der Waals surface area contributed by atoms with Gasteiger partial charge in [0, 0.05) is 42.2 Å². The van der Waals surface area contributed by atoms with E-state index in [4.69, 9.17) is 15.7 Å². The molecule has 1 saturated carbocycles. The van der Waals surface area contributed by atoms with E-state index in [0.29, 0.717) is 37.3 Å². The van der Waals surface area contributed by atoms with Gasteiger partial charge in [0.2, 0.25) is 5.91 Å². The molecule has 1 aliphatic carbocycles. The molecule has 4 aromatic rings. The van der Waals surface area contributed by atoms with Gasteiger partial charge in [0.1, 0.15) is 16.8 Å². The van der Waals surface area contributed by atoms with Gasteiger partial charge < -0.3 is 15.2 Å². The summed E-state index contributed by atoms with van der Waals surface area (Å²) in [5.41, 5.74) is 9.95. The highest BCUT2D eigenvalue weighted by atomic mass is 16.2. The maximum Gasteiger partial charge on any atom is 0.243 e. The Hall–Kier alpha value is -3.93. The molecule has 3 aromatic heterocycles. The topological polar surface area (TPSA) is 130 Å². The fraction of sp³-hybridized carbons (Fsp3) is 0.423. The molecule has 6 rings (SSSR count). The Kier molecular flexibility index (Phi) is 4.81. The number of pyridine rings is 1. The summed E-state index contributed by atoms with van der Waals surface area (Å²) in [6.07, 6.45) is 4.96. The maximum atomic E-state index is 13.1. The summed E-state index contributed by atoms with van der Waals surface area (Å²) in [4.78, 5) is 24.7. The number of imidazole rings is 1. The Morgan fingerprint density at radius 2 is 2.11 bits per heavy atom. The zero-order valence-electron chi connectivity index (χ0n) is 20.0. The number of nitriles is 1. The summed E-state index contributed by atoms with van der Waals surface area (Å²) in [6.45, 7) is 5.56. The first kappa shape index (κ1) is 21.6. The molecule has 4 heterocycles. The highest BCUT2D eigenvalue weighted by Crippen LogP contribution is 2.47. The number of hydrogen-bond donors (Lipinski definition) is 2. The van der Waals surface area contributed by atoms with Crippen molar-refractivity contribution in [2.24, 2.45) is 5.41 Å². The van der Waals surface area contributed by atoms with Crippen LogP contribution in [0.3, 0.4) is 0 Å². The maximum absolute atomic E-state index is 13.1. The Balaban J connectivity index is 1.46. The highest BCUT2D eigenvalue weighted by molar-refractivity contribution is 6.07. The molecule has 2 aliphatic rings. The number of nitrogens with zero attached hydrogens (tertiary/aromatic N) is 6. The lowest BCUT2D eigenvalue weighted by molar-refractivity contribution is -0.136. The highest BCUT2D eigenvalue weighted by Gasteiger charge is 2.53. The van der Waals surface area contributed by atoms with E-state index in [9.17, 15) is 10.1 Å². The third kappa shape index (κ3) is 3.35. The summed E-state index contributed by atoms with van der Waals surface area (Å²) >= 11 is 0. The first-order chi connectivity index (χ1) is 16.9. The van der Waals surface area contributed by atoms with E-state index in [-0.39, 0.29) is 17.9 Å². The van der Waals surface area contributed by atoms with Gasteiger partial charge in [-0.25, -0.2) is 9.97 Å². The van der Waals surface area contributed by atoms with Gasteiger partial charge in [0.15, 0.2) is 5.82 Å². The van der Waals surface area contributed by atoms with Gasteiger partial charge in [-0.2, -0.15) is 10.4 Å². The number of nitrogens with one attached hydrogen (secondary N) is 1. The molecule has 9 nitrogen and oxygen atoms in total. The lowest BCUT2D eigenvalue weighted by atomic mass is 9.95. The minimum atomic E-state index is -0.795. The van der Waals surface area contributed by atoms with E-state index in [2.05, 4.69) is 40.7 Å². The van der Waals surface area contributed by atoms with E-state index in [1.54, 1.807) is 6.20 Å². The first-order valence-electron chi connectivity index (χ1n) is 12.2. The molecule has 1 atom stereocenters. The number of fused-ring (bicyclic) bond motifs is 3. The van der Waals surface area contributed by atoms with Crippen molar-refractivity contribution in [3.8, 4) is 17.3 Å². The number of aromatic nitrogens is 5. The second kappa shape index (κ2) is 7.80. The molecule has 0 unspecified atom stereocenters. The van der Waals surface area contributed by atoms with Gasteiger partial charge in [-0.3, -0.25) is 9.89 Å². The van der Waals surface area contributed by atoms with Gasteiger partial charge in [0.05, 0.1) is 22.8 Å². The first-order valence-corrected chi connectivity index (χ1v) is 12.2. The van der Waals surface area contributed by atoms with Crippen molar-refractivity contribution >= 4 is 33.7 Å². The zero-order valence-corrected chi connectivity index (χ0v) is 20.0. The third-order valence-electron chi connectivity index (χ3n) is 7.43. The van der Waals surface area contributed by atoms with Crippen molar-refractivity contribution in [1.29, 1.82) is 5.26 Å². The summed E-state index contributed by atoms with van der Waals surface area (Å²) < 4.78 is 2.26. The monoisotopic (exact) mass is 468 g/mol. The molecule has 1 saturated heterocycles. The Labute approximate surface area is 202 Å². The number of H-pyrrole nitrogens is 1. The van der Waals surface area contributed by atoms with Crippen LogP contribution in [0.1, 0.15) is 57.3 Å². The molecule has 1 aliphatic heterocycles. The average molecular weight is 469 g/mol. The van der Waals surface area contributed by atoms with Crippen LogP contribution in [0.15, 0.2) is 30.5 Å². The van der Waals surface area contributed by atoms with Gasteiger partial charge in [0.25, 0.3) is 0 Å². The summed E-state index contributed by atoms with van der Waals surface area (Å²) in [6, 6.07) is 10.4. The fourth-order valence-corrected chi connectivity index (χ4v) is 5.46. The number of benzene rings is 1. The number of rotatable bonds is 4. The molecule has 178 valence electrons. The minimum Gasteiger partial charge on any atom is -0.382 e. The number of likely N-dealkylation sites (tertiary alicyclic amines) is 1. The standard InChI is InChI=1S/C26H28N8O/c1-15(2)34-22-18-6-5-16(19-7-10-29-32-19)12-20(18)30-23(28)21(22)31-24(34)17-4-3-11-33(13-17)25(35)26(14-27)8-9-26/h5-7,10,12,15,17H,3-4,8-9,11,13H2,1-2H3,(H2,28,30)(H,29,32)/t17-/m0/s1. The molecule has 1 amide bonds. The molecule has 2 fully saturated rings. The van der Waals surface area contributed by atoms with Crippen LogP contribution in [0.25, 0.3) is 33.2 Å². The number of hydrogen-bond acceptors (Lipinski definition) is 6. The molecule has 0 radical (unpaired) electrons. The van der Waals surface area contributed by atoms with Crippen molar-refractivity contribution < 1.29 is 4.79 Å². The largest absolute Gasteiger partial charge is 0.382 e. The van der Waals surface area contributed by atoms with E-state index in [1.165, 1.54) is 0 Å². The van der Waals surface area contributed by atoms with Crippen LogP contribution in [0, 0.1) is 16.7 Å². The number of nitrogens with two attached hydrogens (primary N) is 1. The molecule has 35 heavy (non-hydrogen) atoms. The van der Waals surface area contributed by atoms with Gasteiger partial charge >= 0.3 is 0 Å². The summed E-state index contributed by atoms with van der Waals surface area (Å²) in [7, 11) is 0. The Morgan fingerprint density at radius 1 is 1.29 bits per heavy atom. The van der Waals surface area contributed by atoms with E-state index >= 15 is 0 Å². The van der Waals surface area contributed by atoms with Crippen LogP contribution in [0.4, 0.5) is 5.82 Å². The number of anilines is 1. The predicted molar refractivity (Wildman–Crippen MR) is 133 cm³/mol. The second-order valence-electron chi connectivity index (χ2n) is 10.1. The van der Waals surface area contributed by atoms with E-state index < -0.39 is 5.41 Å². The second-order valence-corrected chi connectivity index (χ2v) is 10.1. The Bertz CT molecular complexity index is 1490. The number of carbonyl (C=O) groups excluding carboxylic acids is 1. The van der Waals surface area contributed by atoms with Crippen molar-refractivity contribution in [3.63, 3.8) is 0 Å². The molecule has 0 bridgehead atoms. The number of piperidine rings is 1. The quantitative estimate of drug-likeness (QED) is 0.463. The van der Waals surface area contributed by atoms with E-state index in [1.807, 2.05) is 23.1 Å².